The van der Waals surface area contributed by atoms with Crippen LogP contribution in [0.5, 0.6) is 0 Å². The fraction of sp³-hybridized carbons (Fsp3) is 1.00. The highest BCUT2D eigenvalue weighted by atomic mass is 28.4. The first-order valence-corrected chi connectivity index (χ1v) is 10.7. The maximum absolute atomic E-state index is 6.48. The van der Waals surface area contributed by atoms with E-state index in [-0.39, 0.29) is 5.60 Å². The Morgan fingerprint density at radius 2 is 1.24 bits per heavy atom. The van der Waals surface area contributed by atoms with E-state index in [4.69, 9.17) is 4.43 Å². The van der Waals surface area contributed by atoms with Crippen LogP contribution in [0.1, 0.15) is 71.6 Å². The molecule has 0 bridgehead atoms. The van der Waals surface area contributed by atoms with Crippen molar-refractivity contribution in [3.8, 4) is 0 Å². The van der Waals surface area contributed by atoms with Gasteiger partial charge >= 0.3 is 0 Å². The minimum atomic E-state index is -1.42. The van der Waals surface area contributed by atoms with Gasteiger partial charge in [-0.2, -0.15) is 0 Å². The van der Waals surface area contributed by atoms with Gasteiger partial charge in [0.05, 0.1) is 5.60 Å². The van der Waals surface area contributed by atoms with Gasteiger partial charge in [-0.25, -0.2) is 0 Å². The molecule has 0 N–H and O–H groups in total. The van der Waals surface area contributed by atoms with Crippen molar-refractivity contribution in [1.29, 1.82) is 0 Å². The smallest absolute Gasteiger partial charge is 0.187 e. The second kappa shape index (κ2) is 6.94. The van der Waals surface area contributed by atoms with E-state index in [1.54, 1.807) is 0 Å². The Balaban J connectivity index is 2.50. The summed E-state index contributed by atoms with van der Waals surface area (Å²) in [5.74, 6) is 0. The Bertz CT molecular complexity index is 189. The summed E-state index contributed by atoms with van der Waals surface area (Å²) in [4.78, 5) is 0. The molecule has 0 spiro atoms. The minimum absolute atomic E-state index is 0.115. The molecule has 0 aromatic rings. The van der Waals surface area contributed by atoms with Crippen molar-refractivity contribution in [2.75, 3.05) is 0 Å². The predicted molar refractivity (Wildman–Crippen MR) is 79.0 cm³/mol. The summed E-state index contributed by atoms with van der Waals surface area (Å²) in [6.07, 6.45) is 12.5. The van der Waals surface area contributed by atoms with Crippen LogP contribution in [-0.2, 0) is 4.43 Å². The van der Waals surface area contributed by atoms with Gasteiger partial charge in [-0.05, 0) is 39.4 Å². The second-order valence-electron chi connectivity index (χ2n) is 6.95. The Labute approximate surface area is 109 Å². The van der Waals surface area contributed by atoms with Gasteiger partial charge in [0.25, 0.3) is 0 Å². The SMILES string of the molecule is CC1(C)CCCCCCCCCC[Si](C)(C)O1. The van der Waals surface area contributed by atoms with E-state index in [0.29, 0.717) is 0 Å². The van der Waals surface area contributed by atoms with E-state index in [0.717, 1.165) is 0 Å². The average Bonchev–Trinajstić information content (AvgIpc) is 2.18. The fourth-order valence-electron chi connectivity index (χ4n) is 3.01. The summed E-state index contributed by atoms with van der Waals surface area (Å²) in [5.41, 5.74) is 0.115. The number of hydrogen-bond donors (Lipinski definition) is 0. The van der Waals surface area contributed by atoms with Gasteiger partial charge in [-0.15, -0.1) is 0 Å². The van der Waals surface area contributed by atoms with Crippen LogP contribution >= 0.6 is 0 Å². The molecule has 1 aliphatic rings. The van der Waals surface area contributed by atoms with Gasteiger partial charge in [0.2, 0.25) is 0 Å². The van der Waals surface area contributed by atoms with Gasteiger partial charge in [-0.3, -0.25) is 0 Å². The zero-order chi connectivity index (χ0) is 12.8. The van der Waals surface area contributed by atoms with Crippen molar-refractivity contribution in [3.63, 3.8) is 0 Å². The van der Waals surface area contributed by atoms with Crippen LogP contribution in [-0.4, -0.2) is 13.9 Å². The van der Waals surface area contributed by atoms with Crippen molar-refractivity contribution >= 4 is 8.32 Å². The molecule has 1 fully saturated rings. The molecule has 0 saturated carbocycles. The van der Waals surface area contributed by atoms with Gasteiger partial charge in [0, 0.05) is 0 Å². The Kier molecular flexibility index (Phi) is 6.22. The molecule has 17 heavy (non-hydrogen) atoms. The normalized spacial score (nSPS) is 27.5. The summed E-state index contributed by atoms with van der Waals surface area (Å²) in [6, 6.07) is 1.34. The lowest BCUT2D eigenvalue weighted by atomic mass is 9.99. The highest BCUT2D eigenvalue weighted by Gasteiger charge is 2.30. The zero-order valence-electron chi connectivity index (χ0n) is 12.5. The topological polar surface area (TPSA) is 9.23 Å². The molecule has 0 atom stereocenters. The van der Waals surface area contributed by atoms with Crippen LogP contribution in [0.2, 0.25) is 19.1 Å². The molecule has 0 aromatic carbocycles. The number of hydrogen-bond acceptors (Lipinski definition) is 1. The monoisotopic (exact) mass is 256 g/mol. The number of rotatable bonds is 0. The van der Waals surface area contributed by atoms with Crippen molar-refractivity contribution in [1.82, 2.24) is 0 Å². The van der Waals surface area contributed by atoms with Crippen LogP contribution < -0.4 is 0 Å². The minimum Gasteiger partial charge on any atom is -0.412 e. The van der Waals surface area contributed by atoms with Crippen LogP contribution in [0.15, 0.2) is 0 Å². The van der Waals surface area contributed by atoms with Gasteiger partial charge in [0.15, 0.2) is 8.32 Å². The fourth-order valence-corrected chi connectivity index (χ4v) is 5.81. The molecule has 0 aliphatic carbocycles. The van der Waals surface area contributed by atoms with Crippen molar-refractivity contribution in [2.24, 2.45) is 0 Å². The van der Waals surface area contributed by atoms with Crippen LogP contribution in [0, 0.1) is 0 Å². The zero-order valence-corrected chi connectivity index (χ0v) is 13.5. The summed E-state index contributed by atoms with van der Waals surface area (Å²) in [5, 5.41) is 0. The van der Waals surface area contributed by atoms with E-state index in [2.05, 4.69) is 26.9 Å². The summed E-state index contributed by atoms with van der Waals surface area (Å²) in [7, 11) is -1.42. The lowest BCUT2D eigenvalue weighted by Crippen LogP contribution is -2.40. The lowest BCUT2D eigenvalue weighted by Gasteiger charge is -2.35. The van der Waals surface area contributed by atoms with Crippen molar-refractivity contribution < 1.29 is 4.43 Å². The van der Waals surface area contributed by atoms with Crippen LogP contribution in [0.3, 0.4) is 0 Å². The molecule has 1 saturated heterocycles. The van der Waals surface area contributed by atoms with Crippen LogP contribution in [0.4, 0.5) is 0 Å². The largest absolute Gasteiger partial charge is 0.412 e. The van der Waals surface area contributed by atoms with Gasteiger partial charge in [0.1, 0.15) is 0 Å². The highest BCUT2D eigenvalue weighted by molar-refractivity contribution is 6.71. The molecular formula is C15H32OSi. The molecule has 102 valence electrons. The molecular weight excluding hydrogens is 224 g/mol. The van der Waals surface area contributed by atoms with Gasteiger partial charge < -0.3 is 4.43 Å². The Morgan fingerprint density at radius 1 is 0.765 bits per heavy atom. The predicted octanol–water partition coefficient (Wildman–Crippen LogP) is 5.51. The second-order valence-corrected chi connectivity index (χ2v) is 11.2. The molecule has 1 aliphatic heterocycles. The van der Waals surface area contributed by atoms with Crippen LogP contribution in [0.25, 0.3) is 0 Å². The molecule has 2 heteroatoms. The summed E-state index contributed by atoms with van der Waals surface area (Å²) >= 11 is 0. The van der Waals surface area contributed by atoms with E-state index >= 15 is 0 Å². The third-order valence-corrected chi connectivity index (χ3v) is 6.52. The first-order chi connectivity index (χ1) is 7.91. The Morgan fingerprint density at radius 3 is 1.82 bits per heavy atom. The standard InChI is InChI=1S/C15H32OSi/c1-15(2)13-11-9-7-5-6-8-10-12-14-17(3,4)16-15/h5-14H2,1-4H3. The Hall–Kier alpha value is 0.177. The van der Waals surface area contributed by atoms with E-state index in [1.165, 1.54) is 63.8 Å². The maximum Gasteiger partial charge on any atom is 0.187 e. The highest BCUT2D eigenvalue weighted by Crippen LogP contribution is 2.28. The summed E-state index contributed by atoms with van der Waals surface area (Å²) < 4.78 is 6.48. The molecule has 0 aromatic heterocycles. The van der Waals surface area contributed by atoms with Crippen molar-refractivity contribution in [3.05, 3.63) is 0 Å². The van der Waals surface area contributed by atoms with E-state index < -0.39 is 8.32 Å². The average molecular weight is 257 g/mol. The van der Waals surface area contributed by atoms with E-state index in [1.807, 2.05) is 0 Å². The summed E-state index contributed by atoms with van der Waals surface area (Å²) in [6.45, 7) is 9.38. The molecule has 0 unspecified atom stereocenters. The van der Waals surface area contributed by atoms with Crippen molar-refractivity contribution in [2.45, 2.75) is 96.4 Å². The first-order valence-electron chi connectivity index (χ1n) is 7.62. The molecule has 1 nitrogen and oxygen atoms in total. The molecule has 1 rings (SSSR count). The van der Waals surface area contributed by atoms with E-state index in [9.17, 15) is 0 Å². The van der Waals surface area contributed by atoms with Gasteiger partial charge in [-0.1, -0.05) is 51.4 Å². The first kappa shape index (κ1) is 15.2. The molecule has 0 radical (unpaired) electrons. The molecule has 1 heterocycles. The third-order valence-electron chi connectivity index (χ3n) is 3.86. The molecule has 0 amide bonds. The quantitative estimate of drug-likeness (QED) is 0.519. The lowest BCUT2D eigenvalue weighted by molar-refractivity contribution is 0.0859. The maximum atomic E-state index is 6.48. The third kappa shape index (κ3) is 7.25.